The molecule has 0 bridgehead atoms. The van der Waals surface area contributed by atoms with Gasteiger partial charge in [-0.25, -0.2) is 9.59 Å². The predicted octanol–water partition coefficient (Wildman–Crippen LogP) is 2.97. The van der Waals surface area contributed by atoms with Gasteiger partial charge in [0, 0.05) is 12.2 Å². The normalized spacial score (nSPS) is 16.4. The third-order valence-corrected chi connectivity index (χ3v) is 3.95. The van der Waals surface area contributed by atoms with Crippen molar-refractivity contribution in [1.82, 2.24) is 4.90 Å². The highest BCUT2D eigenvalue weighted by atomic mass is 16.6. The molecular weight excluding hydrogens is 364 g/mol. The molecule has 8 nitrogen and oxygen atoms in total. The summed E-state index contributed by atoms with van der Waals surface area (Å²) in [6, 6.07) is 6.15. The van der Waals surface area contributed by atoms with Gasteiger partial charge in [-0.1, -0.05) is 0 Å². The quantitative estimate of drug-likeness (QED) is 0.748. The Hall–Kier alpha value is -2.77. The van der Waals surface area contributed by atoms with E-state index < -0.39 is 36.2 Å². The lowest BCUT2D eigenvalue weighted by molar-refractivity contribution is -0.151. The van der Waals surface area contributed by atoms with Crippen LogP contribution >= 0.6 is 0 Å². The zero-order valence-corrected chi connectivity index (χ0v) is 16.8. The van der Waals surface area contributed by atoms with Crippen LogP contribution in [0, 0.1) is 0 Å². The molecule has 0 unspecified atom stereocenters. The number of anilines is 1. The Morgan fingerprint density at radius 3 is 2.46 bits per heavy atom. The lowest BCUT2D eigenvalue weighted by Crippen LogP contribution is -2.44. The van der Waals surface area contributed by atoms with Crippen LogP contribution in [0.3, 0.4) is 0 Å². The molecule has 1 N–H and O–H groups in total. The summed E-state index contributed by atoms with van der Waals surface area (Å²) in [7, 11) is 0. The summed E-state index contributed by atoms with van der Waals surface area (Å²) in [6.45, 7) is 7.73. The van der Waals surface area contributed by atoms with Crippen LogP contribution in [0.25, 0.3) is 0 Å². The summed E-state index contributed by atoms with van der Waals surface area (Å²) < 4.78 is 15.8. The summed E-state index contributed by atoms with van der Waals surface area (Å²) in [5.74, 6) is -0.361. The van der Waals surface area contributed by atoms with Gasteiger partial charge in [-0.2, -0.15) is 0 Å². The zero-order chi connectivity index (χ0) is 20.7. The molecule has 1 aliphatic rings. The maximum Gasteiger partial charge on any atom is 0.411 e. The van der Waals surface area contributed by atoms with Gasteiger partial charge >= 0.3 is 12.1 Å². The number of amides is 2. The number of rotatable bonds is 6. The monoisotopic (exact) mass is 392 g/mol. The Balaban J connectivity index is 1.83. The Bertz CT molecular complexity index is 696. The summed E-state index contributed by atoms with van der Waals surface area (Å²) in [5.41, 5.74) is -0.0770. The molecule has 2 amide bonds. The van der Waals surface area contributed by atoms with Crippen LogP contribution in [-0.2, 0) is 19.1 Å². The van der Waals surface area contributed by atoms with Crippen LogP contribution < -0.4 is 10.1 Å². The van der Waals surface area contributed by atoms with E-state index in [1.807, 2.05) is 6.92 Å². The summed E-state index contributed by atoms with van der Waals surface area (Å²) >= 11 is 0. The number of nitrogens with one attached hydrogen (secondary N) is 1. The van der Waals surface area contributed by atoms with Gasteiger partial charge in [0.05, 0.1) is 6.61 Å². The maximum atomic E-state index is 12.3. The van der Waals surface area contributed by atoms with Crippen LogP contribution in [-0.4, -0.2) is 54.3 Å². The number of ether oxygens (including phenoxy) is 3. The molecule has 0 aromatic heterocycles. The van der Waals surface area contributed by atoms with Crippen molar-refractivity contribution >= 4 is 23.7 Å². The number of carbonyl (C=O) groups excluding carboxylic acids is 3. The molecule has 1 heterocycles. The van der Waals surface area contributed by atoms with Crippen molar-refractivity contribution in [2.24, 2.45) is 0 Å². The second-order valence-electron chi connectivity index (χ2n) is 7.45. The fourth-order valence-corrected chi connectivity index (χ4v) is 2.78. The average molecular weight is 392 g/mol. The molecule has 0 aliphatic carbocycles. The van der Waals surface area contributed by atoms with E-state index in [0.29, 0.717) is 37.4 Å². The van der Waals surface area contributed by atoms with Crippen LogP contribution in [0.4, 0.5) is 10.5 Å². The number of carbonyl (C=O) groups is 3. The molecule has 1 saturated heterocycles. The first-order valence-corrected chi connectivity index (χ1v) is 9.38. The number of hydrogen-bond acceptors (Lipinski definition) is 6. The molecular formula is C20H28N2O6. The number of hydrogen-bond donors (Lipinski definition) is 1. The Kier molecular flexibility index (Phi) is 7.25. The number of benzene rings is 1. The van der Waals surface area contributed by atoms with E-state index in [0.717, 1.165) is 0 Å². The van der Waals surface area contributed by atoms with E-state index in [4.69, 9.17) is 14.2 Å². The third-order valence-electron chi connectivity index (χ3n) is 3.95. The van der Waals surface area contributed by atoms with Crippen LogP contribution in [0.1, 0.15) is 40.5 Å². The van der Waals surface area contributed by atoms with E-state index in [2.05, 4.69) is 5.32 Å². The van der Waals surface area contributed by atoms with Crippen molar-refractivity contribution in [2.45, 2.75) is 52.2 Å². The molecule has 1 aliphatic heterocycles. The van der Waals surface area contributed by atoms with Crippen molar-refractivity contribution in [2.75, 3.05) is 25.1 Å². The van der Waals surface area contributed by atoms with Gasteiger partial charge in [-0.15, -0.1) is 0 Å². The summed E-state index contributed by atoms with van der Waals surface area (Å²) in [4.78, 5) is 37.9. The molecule has 8 heteroatoms. The molecule has 28 heavy (non-hydrogen) atoms. The SMILES string of the molecule is CCOc1ccc(NC(=O)COC(=O)[C@@H]2CCCN2C(=O)OC(C)(C)C)cc1. The maximum absolute atomic E-state index is 12.3. The predicted molar refractivity (Wildman–Crippen MR) is 103 cm³/mol. The van der Waals surface area contributed by atoms with Crippen molar-refractivity contribution in [3.05, 3.63) is 24.3 Å². The first kappa shape index (κ1) is 21.5. The highest BCUT2D eigenvalue weighted by Crippen LogP contribution is 2.22. The van der Waals surface area contributed by atoms with Crippen LogP contribution in [0.5, 0.6) is 5.75 Å². The lowest BCUT2D eigenvalue weighted by Gasteiger charge is -2.27. The van der Waals surface area contributed by atoms with Crippen LogP contribution in [0.15, 0.2) is 24.3 Å². The summed E-state index contributed by atoms with van der Waals surface area (Å²) in [6.07, 6.45) is 0.612. The lowest BCUT2D eigenvalue weighted by atomic mass is 10.2. The second-order valence-corrected chi connectivity index (χ2v) is 7.45. The Morgan fingerprint density at radius 2 is 1.86 bits per heavy atom. The zero-order valence-electron chi connectivity index (χ0n) is 16.8. The molecule has 1 aromatic carbocycles. The van der Waals surface area contributed by atoms with Gasteiger partial charge in [0.15, 0.2) is 6.61 Å². The third kappa shape index (κ3) is 6.44. The number of likely N-dealkylation sites (tertiary alicyclic amines) is 1. The van der Waals surface area contributed by atoms with Gasteiger partial charge in [0.1, 0.15) is 17.4 Å². The first-order valence-electron chi connectivity index (χ1n) is 9.38. The van der Waals surface area contributed by atoms with Crippen molar-refractivity contribution in [3.8, 4) is 5.75 Å². The minimum absolute atomic E-state index is 0.424. The van der Waals surface area contributed by atoms with E-state index in [1.165, 1.54) is 4.90 Å². The molecule has 0 saturated carbocycles. The fraction of sp³-hybridized carbons (Fsp3) is 0.550. The number of esters is 1. The minimum atomic E-state index is -0.729. The number of nitrogens with zero attached hydrogens (tertiary/aromatic N) is 1. The van der Waals surface area contributed by atoms with Gasteiger partial charge < -0.3 is 19.5 Å². The van der Waals surface area contributed by atoms with Gasteiger partial charge in [-0.05, 0) is 64.8 Å². The standard InChI is InChI=1S/C20H28N2O6/c1-5-26-15-10-8-14(9-11-15)21-17(23)13-27-18(24)16-7-6-12-22(16)19(25)28-20(2,3)4/h8-11,16H,5-7,12-13H2,1-4H3,(H,21,23)/t16-/m0/s1. The van der Waals surface area contributed by atoms with Gasteiger partial charge in [-0.3, -0.25) is 9.69 Å². The fourth-order valence-electron chi connectivity index (χ4n) is 2.78. The second kappa shape index (κ2) is 9.43. The molecule has 1 atom stereocenters. The Morgan fingerprint density at radius 1 is 1.18 bits per heavy atom. The van der Waals surface area contributed by atoms with E-state index in [-0.39, 0.29) is 0 Å². The van der Waals surface area contributed by atoms with Gasteiger partial charge in [0.2, 0.25) is 0 Å². The molecule has 2 rings (SSSR count). The van der Waals surface area contributed by atoms with E-state index in [9.17, 15) is 14.4 Å². The smallest absolute Gasteiger partial charge is 0.411 e. The highest BCUT2D eigenvalue weighted by Gasteiger charge is 2.37. The van der Waals surface area contributed by atoms with Crippen molar-refractivity contribution in [3.63, 3.8) is 0 Å². The van der Waals surface area contributed by atoms with E-state index in [1.54, 1.807) is 45.0 Å². The van der Waals surface area contributed by atoms with Crippen molar-refractivity contribution in [1.29, 1.82) is 0 Å². The largest absolute Gasteiger partial charge is 0.494 e. The van der Waals surface area contributed by atoms with Crippen molar-refractivity contribution < 1.29 is 28.6 Å². The Labute approximate surface area is 165 Å². The van der Waals surface area contributed by atoms with Gasteiger partial charge in [0.25, 0.3) is 5.91 Å². The average Bonchev–Trinajstić information content (AvgIpc) is 3.10. The molecule has 0 spiro atoms. The topological polar surface area (TPSA) is 94.2 Å². The molecule has 1 aromatic rings. The summed E-state index contributed by atoms with van der Waals surface area (Å²) in [5, 5.41) is 2.65. The van der Waals surface area contributed by atoms with E-state index >= 15 is 0 Å². The molecule has 1 fully saturated rings. The molecule has 154 valence electrons. The van der Waals surface area contributed by atoms with Crippen LogP contribution in [0.2, 0.25) is 0 Å². The molecule has 0 radical (unpaired) electrons. The highest BCUT2D eigenvalue weighted by molar-refractivity contribution is 5.93. The minimum Gasteiger partial charge on any atom is -0.494 e. The first-order chi connectivity index (χ1) is 13.2.